The van der Waals surface area contributed by atoms with Crippen LogP contribution < -0.4 is 5.43 Å². The summed E-state index contributed by atoms with van der Waals surface area (Å²) < 4.78 is 7.79. The predicted octanol–water partition coefficient (Wildman–Crippen LogP) is 3.81. The number of aromatic nitrogens is 1. The van der Waals surface area contributed by atoms with Gasteiger partial charge in [-0.1, -0.05) is 20.8 Å². The molecule has 0 saturated heterocycles. The van der Waals surface area contributed by atoms with Gasteiger partial charge in [0.15, 0.2) is 11.2 Å². The van der Waals surface area contributed by atoms with E-state index in [1.165, 1.54) is 12.3 Å². The van der Waals surface area contributed by atoms with Crippen LogP contribution in [0.2, 0.25) is 0 Å². The molecule has 0 spiro atoms. The topological polar surface area (TPSA) is 92.7 Å². The maximum Gasteiger partial charge on any atom is 0.341 e. The van der Waals surface area contributed by atoms with Gasteiger partial charge in [-0.25, -0.2) is 4.79 Å². The van der Waals surface area contributed by atoms with E-state index < -0.39 is 11.4 Å². The summed E-state index contributed by atoms with van der Waals surface area (Å²) in [7, 11) is 0. The Balaban J connectivity index is 2.07. The van der Waals surface area contributed by atoms with E-state index in [0.717, 1.165) is 10.9 Å². The molecule has 1 atom stereocenters. The quantitative estimate of drug-likeness (QED) is 0.694. The second-order valence-electron chi connectivity index (χ2n) is 7.83. The predicted molar refractivity (Wildman–Crippen MR) is 96.7 cm³/mol. The molecule has 0 aliphatic carbocycles. The van der Waals surface area contributed by atoms with E-state index in [1.54, 1.807) is 12.1 Å². The van der Waals surface area contributed by atoms with E-state index in [9.17, 15) is 19.8 Å². The van der Waals surface area contributed by atoms with E-state index in [4.69, 9.17) is 4.42 Å². The van der Waals surface area contributed by atoms with E-state index in [2.05, 4.69) is 20.8 Å². The maximum absolute atomic E-state index is 12.3. The van der Waals surface area contributed by atoms with E-state index in [0.29, 0.717) is 23.5 Å². The highest BCUT2D eigenvalue weighted by molar-refractivity contribution is 5.90. The lowest BCUT2D eigenvalue weighted by Crippen LogP contribution is -2.32. The molecular weight excluding hydrogens is 334 g/mol. The first-order valence-electron chi connectivity index (χ1n) is 8.41. The van der Waals surface area contributed by atoms with Crippen LogP contribution in [0.1, 0.15) is 42.7 Å². The van der Waals surface area contributed by atoms with E-state index in [1.807, 2.05) is 10.6 Å². The molecule has 1 aliphatic heterocycles. The van der Waals surface area contributed by atoms with Crippen LogP contribution in [-0.2, 0) is 6.42 Å². The monoisotopic (exact) mass is 353 g/mol. The summed E-state index contributed by atoms with van der Waals surface area (Å²) in [6.45, 7) is 6.25. The normalized spacial score (nSPS) is 16.3. The Morgan fingerprint density at radius 1 is 1.27 bits per heavy atom. The Labute approximate surface area is 149 Å². The van der Waals surface area contributed by atoms with Crippen LogP contribution >= 0.6 is 0 Å². The smallest absolute Gasteiger partial charge is 0.341 e. The van der Waals surface area contributed by atoms with Gasteiger partial charge in [-0.3, -0.25) is 4.79 Å². The first-order valence-corrected chi connectivity index (χ1v) is 8.41. The minimum absolute atomic E-state index is 0.0432. The van der Waals surface area contributed by atoms with Gasteiger partial charge in [0.1, 0.15) is 16.9 Å². The summed E-state index contributed by atoms with van der Waals surface area (Å²) in [6.07, 6.45) is 2.06. The van der Waals surface area contributed by atoms with Crippen molar-refractivity contribution in [3.63, 3.8) is 0 Å². The first kappa shape index (κ1) is 16.4. The second kappa shape index (κ2) is 5.24. The molecule has 0 bridgehead atoms. The number of phenols is 1. The summed E-state index contributed by atoms with van der Waals surface area (Å²) in [5, 5.41) is 20.0. The van der Waals surface area contributed by atoms with Gasteiger partial charge in [-0.05, 0) is 24.0 Å². The molecule has 1 aliphatic rings. The molecule has 0 amide bonds. The zero-order chi connectivity index (χ0) is 18.8. The Morgan fingerprint density at radius 3 is 2.65 bits per heavy atom. The molecule has 2 aromatic heterocycles. The minimum atomic E-state index is -1.24. The molecule has 26 heavy (non-hydrogen) atoms. The Kier molecular flexibility index (Phi) is 3.31. The maximum atomic E-state index is 12.3. The molecule has 2 N–H and O–H groups in total. The van der Waals surface area contributed by atoms with Gasteiger partial charge in [0.05, 0.1) is 5.69 Å². The number of benzene rings is 1. The number of carboxylic acid groups (broad SMARTS) is 1. The van der Waals surface area contributed by atoms with Crippen LogP contribution in [-0.4, -0.2) is 20.7 Å². The van der Waals surface area contributed by atoms with Crippen molar-refractivity contribution < 1.29 is 19.4 Å². The molecule has 6 nitrogen and oxygen atoms in total. The van der Waals surface area contributed by atoms with Crippen molar-refractivity contribution in [1.29, 1.82) is 0 Å². The van der Waals surface area contributed by atoms with Crippen LogP contribution in [0.4, 0.5) is 0 Å². The summed E-state index contributed by atoms with van der Waals surface area (Å²) in [5.41, 5.74) is 1.12. The number of fused-ring (bicyclic) bond motifs is 5. The fraction of sp³-hybridized carbons (Fsp3) is 0.300. The summed E-state index contributed by atoms with van der Waals surface area (Å²) >= 11 is 0. The molecule has 0 saturated carbocycles. The third kappa shape index (κ3) is 2.33. The van der Waals surface area contributed by atoms with Gasteiger partial charge in [0.2, 0.25) is 0 Å². The summed E-state index contributed by atoms with van der Waals surface area (Å²) in [5.74, 6) is -0.576. The lowest BCUT2D eigenvalue weighted by Gasteiger charge is -2.37. The fourth-order valence-electron chi connectivity index (χ4n) is 3.71. The van der Waals surface area contributed by atoms with Crippen molar-refractivity contribution >= 4 is 16.9 Å². The highest BCUT2D eigenvalue weighted by atomic mass is 16.4. The number of pyridine rings is 1. The van der Waals surface area contributed by atoms with Crippen LogP contribution in [0.3, 0.4) is 0 Å². The zero-order valence-electron chi connectivity index (χ0n) is 14.7. The molecule has 4 rings (SSSR count). The highest BCUT2D eigenvalue weighted by Gasteiger charge is 2.36. The number of nitrogens with zero attached hydrogens (tertiary/aromatic N) is 1. The van der Waals surface area contributed by atoms with Gasteiger partial charge in [0.25, 0.3) is 0 Å². The standard InChI is InChI=1S/C20H19NO5/c1-20(2,3)17-7-12-11-5-4-10(22)6-16(11)26-18(12)14-8-15(23)13(19(24)25)9-21(14)17/h4-6,8-9,17,22H,7H2,1-3H3,(H,24,25). The number of rotatable bonds is 1. The molecule has 3 aromatic rings. The van der Waals surface area contributed by atoms with Gasteiger partial charge in [0, 0.05) is 35.3 Å². The van der Waals surface area contributed by atoms with Gasteiger partial charge in [-0.2, -0.15) is 0 Å². The molecule has 3 heterocycles. The Hall–Kier alpha value is -3.02. The van der Waals surface area contributed by atoms with Crippen LogP contribution in [0, 0.1) is 5.41 Å². The van der Waals surface area contributed by atoms with E-state index in [-0.39, 0.29) is 22.8 Å². The first-order chi connectivity index (χ1) is 12.2. The summed E-state index contributed by atoms with van der Waals surface area (Å²) in [6, 6.07) is 6.26. The minimum Gasteiger partial charge on any atom is -0.508 e. The average Bonchev–Trinajstić information content (AvgIpc) is 2.90. The van der Waals surface area contributed by atoms with Crippen molar-refractivity contribution in [2.75, 3.05) is 0 Å². The molecular formula is C20H19NO5. The molecule has 1 aromatic carbocycles. The number of aromatic hydroxyl groups is 1. The lowest BCUT2D eigenvalue weighted by atomic mass is 9.80. The van der Waals surface area contributed by atoms with Gasteiger partial charge >= 0.3 is 5.97 Å². The fourth-order valence-corrected chi connectivity index (χ4v) is 3.71. The molecule has 0 fully saturated rings. The number of phenolic OH excluding ortho intramolecular Hbond substituents is 1. The largest absolute Gasteiger partial charge is 0.508 e. The van der Waals surface area contributed by atoms with Crippen molar-refractivity contribution in [2.45, 2.75) is 33.2 Å². The summed E-state index contributed by atoms with van der Waals surface area (Å²) in [4.78, 5) is 23.7. The zero-order valence-corrected chi connectivity index (χ0v) is 14.7. The lowest BCUT2D eigenvalue weighted by molar-refractivity contribution is 0.0693. The Bertz CT molecular complexity index is 1110. The highest BCUT2D eigenvalue weighted by Crippen LogP contribution is 2.46. The molecule has 6 heteroatoms. The SMILES string of the molecule is CC(C)(C)C1Cc2c(oc3cc(O)ccc23)-c2cc(=O)c(C(=O)O)cn21. The van der Waals surface area contributed by atoms with Crippen LogP contribution in [0.5, 0.6) is 5.75 Å². The third-order valence-corrected chi connectivity index (χ3v) is 5.05. The van der Waals surface area contributed by atoms with Crippen LogP contribution in [0.25, 0.3) is 22.4 Å². The van der Waals surface area contributed by atoms with Gasteiger partial charge < -0.3 is 19.2 Å². The number of hydrogen-bond donors (Lipinski definition) is 2. The molecule has 1 unspecified atom stereocenters. The number of aromatic carboxylic acids is 1. The molecule has 0 radical (unpaired) electrons. The van der Waals surface area contributed by atoms with Crippen molar-refractivity contribution in [1.82, 2.24) is 4.57 Å². The van der Waals surface area contributed by atoms with Crippen molar-refractivity contribution in [2.24, 2.45) is 5.41 Å². The van der Waals surface area contributed by atoms with Gasteiger partial charge in [-0.15, -0.1) is 0 Å². The Morgan fingerprint density at radius 2 is 2.00 bits per heavy atom. The van der Waals surface area contributed by atoms with Crippen LogP contribution in [0.15, 0.2) is 39.7 Å². The van der Waals surface area contributed by atoms with Crippen molar-refractivity contribution in [3.05, 3.63) is 51.8 Å². The number of hydrogen-bond acceptors (Lipinski definition) is 4. The molecule has 134 valence electrons. The second-order valence-corrected chi connectivity index (χ2v) is 7.83. The average molecular weight is 353 g/mol. The van der Waals surface area contributed by atoms with Crippen molar-refractivity contribution in [3.8, 4) is 17.2 Å². The number of carbonyl (C=O) groups is 1. The van der Waals surface area contributed by atoms with E-state index >= 15 is 0 Å². The number of furan rings is 1. The third-order valence-electron chi connectivity index (χ3n) is 5.05. The number of carboxylic acids is 1.